The summed E-state index contributed by atoms with van der Waals surface area (Å²) in [5, 5.41) is 27.6. The van der Waals surface area contributed by atoms with Gasteiger partial charge in [-0.05, 0) is 76.1 Å². The molecule has 320 valence electrons. The van der Waals surface area contributed by atoms with Crippen molar-refractivity contribution in [1.82, 2.24) is 19.6 Å². The highest BCUT2D eigenvalue weighted by Crippen LogP contribution is 2.39. The monoisotopic (exact) mass is 820 g/mol. The molecule has 0 radical (unpaired) electrons. The fourth-order valence-electron chi connectivity index (χ4n) is 7.54. The zero-order chi connectivity index (χ0) is 42.7. The number of fused-ring (bicyclic) bond motifs is 1. The number of likely N-dealkylation sites (tertiary alicyclic amines) is 1. The largest absolute Gasteiger partial charge is 0.493 e. The second-order valence-corrected chi connectivity index (χ2v) is 15.6. The summed E-state index contributed by atoms with van der Waals surface area (Å²) in [6.45, 7) is 13.4. The van der Waals surface area contributed by atoms with Crippen LogP contribution in [-0.4, -0.2) is 55.6 Å². The quantitative estimate of drug-likeness (QED) is 0.0210. The number of guanidine groups is 1. The third-order valence-electron chi connectivity index (χ3n) is 10.9. The lowest BCUT2D eigenvalue weighted by Gasteiger charge is -2.22. The van der Waals surface area contributed by atoms with Crippen molar-refractivity contribution in [3.8, 4) is 17.1 Å². The van der Waals surface area contributed by atoms with Crippen molar-refractivity contribution in [3.63, 3.8) is 0 Å². The van der Waals surface area contributed by atoms with Crippen LogP contribution in [0.25, 0.3) is 22.3 Å². The molecule has 1 aliphatic rings. The molecule has 1 aliphatic heterocycles. The maximum absolute atomic E-state index is 14.3. The third kappa shape index (κ3) is 11.9. The van der Waals surface area contributed by atoms with Crippen molar-refractivity contribution in [3.05, 3.63) is 89.8 Å². The predicted molar refractivity (Wildman–Crippen MR) is 224 cm³/mol. The van der Waals surface area contributed by atoms with Crippen molar-refractivity contribution in [1.29, 1.82) is 5.41 Å². The number of unbranched alkanes of at least 4 members (excludes halogenated alkanes) is 4. The Balaban J connectivity index is 1.13. The molecular weight excluding hydrogens is 762 g/mol. The second kappa shape index (κ2) is 20.6. The van der Waals surface area contributed by atoms with Crippen LogP contribution in [0.1, 0.15) is 115 Å². The second-order valence-electron chi connectivity index (χ2n) is 15.6. The molecule has 1 saturated heterocycles. The van der Waals surface area contributed by atoms with Gasteiger partial charge in [-0.15, -0.1) is 0 Å². The molecule has 0 aliphatic carbocycles. The van der Waals surface area contributed by atoms with Crippen LogP contribution in [0.2, 0.25) is 0 Å². The van der Waals surface area contributed by atoms with Gasteiger partial charge in [0.05, 0.1) is 24.0 Å². The fourth-order valence-corrected chi connectivity index (χ4v) is 7.54. The molecule has 3 heterocycles. The van der Waals surface area contributed by atoms with Crippen LogP contribution in [0.3, 0.4) is 0 Å². The molecule has 4 atom stereocenters. The Morgan fingerprint density at radius 1 is 1.10 bits per heavy atom. The number of rotatable bonds is 21. The summed E-state index contributed by atoms with van der Waals surface area (Å²) >= 11 is 0. The normalized spacial score (nSPS) is 17.4. The van der Waals surface area contributed by atoms with E-state index < -0.39 is 23.9 Å². The number of ether oxygens (including phenoxy) is 1. The van der Waals surface area contributed by atoms with E-state index in [9.17, 15) is 18.3 Å². The molecule has 6 N–H and O–H groups in total. The van der Waals surface area contributed by atoms with Crippen LogP contribution >= 0.6 is 0 Å². The van der Waals surface area contributed by atoms with E-state index in [0.717, 1.165) is 86.2 Å². The van der Waals surface area contributed by atoms with Gasteiger partial charge in [0.1, 0.15) is 17.6 Å². The smallest absolute Gasteiger partial charge is 0.419 e. The molecule has 4 aromatic rings. The van der Waals surface area contributed by atoms with Crippen LogP contribution in [0.15, 0.2) is 82.5 Å². The fraction of sp³-hybridized carbons (Fsp3) is 0.500. The molecule has 2 aromatic heterocycles. The molecule has 0 saturated carbocycles. The van der Waals surface area contributed by atoms with Gasteiger partial charge in [-0.25, -0.2) is 0 Å². The minimum atomic E-state index is -4.71. The number of aliphatic hydroxyl groups is 1. The van der Waals surface area contributed by atoms with Gasteiger partial charge in [-0.2, -0.15) is 18.2 Å². The number of aromatic nitrogens is 3. The van der Waals surface area contributed by atoms with Crippen molar-refractivity contribution in [2.75, 3.05) is 13.2 Å². The molecule has 0 bridgehead atoms. The van der Waals surface area contributed by atoms with E-state index in [0.29, 0.717) is 30.8 Å². The summed E-state index contributed by atoms with van der Waals surface area (Å²) in [4.78, 5) is 11.4. The summed E-state index contributed by atoms with van der Waals surface area (Å²) in [5.41, 5.74) is 14.4. The number of nitrogens with two attached hydrogens (primary N) is 2. The Bertz CT molecular complexity index is 2090. The number of aryl methyl sites for hydroxylation is 1. The first-order valence-corrected chi connectivity index (χ1v) is 20.6. The van der Waals surface area contributed by atoms with E-state index in [1.165, 1.54) is 17.0 Å². The first-order chi connectivity index (χ1) is 28.2. The van der Waals surface area contributed by atoms with Crippen LogP contribution < -0.4 is 16.2 Å². The number of para-hydroxylation sites is 1. The minimum Gasteiger partial charge on any atom is -0.493 e. The molecule has 12 nitrogen and oxygen atoms in total. The van der Waals surface area contributed by atoms with Crippen molar-refractivity contribution >= 4 is 22.6 Å². The lowest BCUT2D eigenvalue weighted by atomic mass is 9.96. The molecule has 1 unspecified atom stereocenters. The summed E-state index contributed by atoms with van der Waals surface area (Å²) in [6, 6.07) is 11.1. The van der Waals surface area contributed by atoms with E-state index in [1.807, 2.05) is 25.1 Å². The molecule has 5 rings (SSSR count). The molecule has 15 heteroatoms. The number of oxime groups is 1. The van der Waals surface area contributed by atoms with Gasteiger partial charge >= 0.3 is 6.18 Å². The molecule has 1 fully saturated rings. The zero-order valence-electron chi connectivity index (χ0n) is 34.6. The summed E-state index contributed by atoms with van der Waals surface area (Å²) < 4.78 is 56.2. The van der Waals surface area contributed by atoms with Gasteiger partial charge in [-0.1, -0.05) is 87.1 Å². The first-order valence-electron chi connectivity index (χ1n) is 20.6. The standard InChI is InChI=1S/C44H59F3N8O4/c1-6-7-14-28(2)31(5)58-52-30(4)35-27-54(37-17-12-11-16-34(35)37)22-13-9-8-10-15-32(25-29(3)48)21-24-57-39-19-18-33(26-36(39)44(45,46)47)41-51-42(59-53-41)40-38(56)20-23-55(40)43(49)50/h11-12,16-19,25-28,32,38,40,56H,5-10,13-15,20-24,48H2,1-4H3,(H3,49,50)/b29-25-,52-30+/t28-,32?,38-,40-/m0/s1. The van der Waals surface area contributed by atoms with Crippen molar-refractivity contribution in [2.45, 2.75) is 117 Å². The lowest BCUT2D eigenvalue weighted by molar-refractivity contribution is -0.138. The highest BCUT2D eigenvalue weighted by Gasteiger charge is 2.40. The van der Waals surface area contributed by atoms with Crippen LogP contribution in [0, 0.1) is 17.2 Å². The van der Waals surface area contributed by atoms with E-state index in [4.69, 9.17) is 31.0 Å². The van der Waals surface area contributed by atoms with E-state index in [1.54, 1.807) is 6.92 Å². The number of alkyl halides is 3. The molecule has 59 heavy (non-hydrogen) atoms. The Hall–Kier alpha value is -5.31. The number of allylic oxidation sites excluding steroid dienone is 3. The Morgan fingerprint density at radius 3 is 2.59 bits per heavy atom. The van der Waals surface area contributed by atoms with Crippen LogP contribution in [-0.2, 0) is 17.6 Å². The molecule has 2 aromatic carbocycles. The van der Waals surface area contributed by atoms with Gasteiger partial charge in [-0.3, -0.25) is 5.41 Å². The number of aliphatic hydroxyl groups excluding tert-OH is 1. The zero-order valence-corrected chi connectivity index (χ0v) is 34.6. The van der Waals surface area contributed by atoms with E-state index >= 15 is 0 Å². The summed E-state index contributed by atoms with van der Waals surface area (Å²) in [5.74, 6) is 0.252. The Labute approximate surface area is 344 Å². The Kier molecular flexibility index (Phi) is 15.6. The number of nitrogens with one attached hydrogen (secondary N) is 1. The highest BCUT2D eigenvalue weighted by atomic mass is 19.4. The van der Waals surface area contributed by atoms with E-state index in [2.05, 4.69) is 58.6 Å². The highest BCUT2D eigenvalue weighted by molar-refractivity contribution is 6.09. The average molecular weight is 821 g/mol. The van der Waals surface area contributed by atoms with Crippen LogP contribution in [0.4, 0.5) is 13.2 Å². The third-order valence-corrected chi connectivity index (χ3v) is 10.9. The number of halogens is 3. The first kappa shape index (κ1) is 44.8. The molecule has 0 spiro atoms. The van der Waals surface area contributed by atoms with Crippen molar-refractivity contribution < 1.29 is 32.4 Å². The van der Waals surface area contributed by atoms with Crippen molar-refractivity contribution in [2.24, 2.45) is 28.5 Å². The number of benzene rings is 2. The summed E-state index contributed by atoms with van der Waals surface area (Å²) in [7, 11) is 0. The number of nitrogens with zero attached hydrogens (tertiary/aromatic N) is 5. The van der Waals surface area contributed by atoms with Gasteiger partial charge < -0.3 is 40.1 Å². The predicted octanol–water partition coefficient (Wildman–Crippen LogP) is 9.69. The topological polar surface area (TPSA) is 174 Å². The summed E-state index contributed by atoms with van der Waals surface area (Å²) in [6.07, 6.45) is 7.32. The van der Waals surface area contributed by atoms with Gasteiger partial charge in [0, 0.05) is 52.9 Å². The van der Waals surface area contributed by atoms with Gasteiger partial charge in [0.25, 0.3) is 5.89 Å². The van der Waals surface area contributed by atoms with Crippen LogP contribution in [0.5, 0.6) is 5.75 Å². The molecule has 0 amide bonds. The Morgan fingerprint density at radius 2 is 1.86 bits per heavy atom. The van der Waals surface area contributed by atoms with E-state index in [-0.39, 0.29) is 47.4 Å². The maximum atomic E-state index is 14.3. The minimum absolute atomic E-state index is 0.0376. The molecular formula is C44H59F3N8O4. The lowest BCUT2D eigenvalue weighted by Crippen LogP contribution is -2.37. The number of hydrogen-bond acceptors (Lipinski definition) is 9. The SMILES string of the molecule is C=C(O/N=C(\C)c1cn(CCCCCCC(/C=C(/C)N)CCOc2ccc(-c3noc([C@@H]4[C@@H](O)CCN4C(=N)N)n3)cc2C(F)(F)F)c2ccccc12)[C@@H](C)CCCC. The maximum Gasteiger partial charge on any atom is 0.419 e. The number of hydrogen-bond donors (Lipinski definition) is 4. The van der Waals surface area contributed by atoms with Gasteiger partial charge in [0.2, 0.25) is 5.82 Å². The average Bonchev–Trinajstić information content (AvgIpc) is 3.94. The van der Waals surface area contributed by atoms with Gasteiger partial charge in [0.15, 0.2) is 5.96 Å².